The number of benzene rings is 1. The fourth-order valence-corrected chi connectivity index (χ4v) is 2.99. The zero-order valence-electron chi connectivity index (χ0n) is 15.4. The molecule has 1 heterocycles. The van der Waals surface area contributed by atoms with E-state index in [4.69, 9.17) is 4.74 Å². The molecule has 0 bridgehead atoms. The number of esters is 1. The van der Waals surface area contributed by atoms with E-state index in [1.54, 1.807) is 0 Å². The van der Waals surface area contributed by atoms with Crippen molar-refractivity contribution in [1.82, 2.24) is 10.3 Å². The summed E-state index contributed by atoms with van der Waals surface area (Å²) in [7, 11) is 0. The lowest BCUT2D eigenvalue weighted by atomic mass is 10.0. The van der Waals surface area contributed by atoms with Gasteiger partial charge in [0, 0.05) is 17.1 Å². The molecule has 0 saturated carbocycles. The van der Waals surface area contributed by atoms with Crippen LogP contribution in [0.25, 0.3) is 10.9 Å². The number of nitrogens with zero attached hydrogens (tertiary/aromatic N) is 1. The molecule has 1 aromatic carbocycles. The summed E-state index contributed by atoms with van der Waals surface area (Å²) in [6, 6.07) is 7.57. The van der Waals surface area contributed by atoms with Gasteiger partial charge in [-0.1, -0.05) is 38.5 Å². The average Bonchev–Trinajstić information content (AvgIpc) is 2.59. The quantitative estimate of drug-likeness (QED) is 0.781. The summed E-state index contributed by atoms with van der Waals surface area (Å²) in [5, 5.41) is 3.59. The van der Waals surface area contributed by atoms with Crippen molar-refractivity contribution in [2.75, 3.05) is 6.61 Å². The number of nitrogens with one attached hydrogen (secondary N) is 1. The summed E-state index contributed by atoms with van der Waals surface area (Å²) in [6.45, 7) is 7.60. The minimum atomic E-state index is -0.482. The third-order valence-corrected chi connectivity index (χ3v) is 4.24. The lowest BCUT2D eigenvalue weighted by Gasteiger charge is -2.15. The molecular formula is C20H26N2O3. The molecule has 0 unspecified atom stereocenters. The summed E-state index contributed by atoms with van der Waals surface area (Å²) >= 11 is 0. The number of ether oxygens (including phenoxy) is 1. The van der Waals surface area contributed by atoms with Crippen LogP contribution in [0.15, 0.2) is 24.3 Å². The van der Waals surface area contributed by atoms with E-state index in [0.29, 0.717) is 5.56 Å². The van der Waals surface area contributed by atoms with Crippen molar-refractivity contribution in [1.29, 1.82) is 0 Å². The van der Waals surface area contributed by atoms with Gasteiger partial charge in [0.2, 0.25) is 0 Å². The van der Waals surface area contributed by atoms with Crippen LogP contribution in [-0.2, 0) is 16.0 Å². The first-order valence-electron chi connectivity index (χ1n) is 8.82. The number of carbonyl (C=O) groups excluding carboxylic acids is 2. The monoisotopic (exact) mass is 342 g/mol. The van der Waals surface area contributed by atoms with E-state index in [1.165, 1.54) is 0 Å². The van der Waals surface area contributed by atoms with Gasteiger partial charge in [-0.3, -0.25) is 9.78 Å². The zero-order valence-corrected chi connectivity index (χ0v) is 15.4. The SMILES string of the molecule is CCC[C@@H](C)NC(=O)COC(=O)c1c(C)c(CC)nc2ccccc12. The summed E-state index contributed by atoms with van der Waals surface area (Å²) < 4.78 is 5.28. The summed E-state index contributed by atoms with van der Waals surface area (Å²) in [4.78, 5) is 29.2. The third-order valence-electron chi connectivity index (χ3n) is 4.24. The van der Waals surface area contributed by atoms with Crippen molar-refractivity contribution in [2.45, 2.75) is 53.0 Å². The molecule has 0 aliphatic rings. The Labute approximate surface area is 148 Å². The number of amides is 1. The van der Waals surface area contributed by atoms with Crippen LogP contribution in [0.2, 0.25) is 0 Å². The van der Waals surface area contributed by atoms with Crippen LogP contribution in [0.1, 0.15) is 55.2 Å². The Morgan fingerprint density at radius 1 is 1.24 bits per heavy atom. The van der Waals surface area contributed by atoms with Gasteiger partial charge in [-0.25, -0.2) is 4.79 Å². The number of para-hydroxylation sites is 1. The Hall–Kier alpha value is -2.43. The summed E-state index contributed by atoms with van der Waals surface area (Å²) in [5.74, 6) is -0.759. The Kier molecular flexibility index (Phi) is 6.51. The van der Waals surface area contributed by atoms with Gasteiger partial charge >= 0.3 is 5.97 Å². The summed E-state index contributed by atoms with van der Waals surface area (Å²) in [5.41, 5.74) is 2.94. The van der Waals surface area contributed by atoms with Crippen molar-refractivity contribution < 1.29 is 14.3 Å². The Morgan fingerprint density at radius 2 is 1.96 bits per heavy atom. The molecule has 0 aliphatic carbocycles. The molecule has 5 heteroatoms. The summed E-state index contributed by atoms with van der Waals surface area (Å²) in [6.07, 6.45) is 2.61. The first kappa shape index (κ1) is 18.9. The molecule has 0 fully saturated rings. The van der Waals surface area contributed by atoms with Gasteiger partial charge in [0.05, 0.1) is 11.1 Å². The molecule has 25 heavy (non-hydrogen) atoms. The molecule has 0 saturated heterocycles. The smallest absolute Gasteiger partial charge is 0.339 e. The fourth-order valence-electron chi connectivity index (χ4n) is 2.99. The van der Waals surface area contributed by atoms with Gasteiger partial charge in [0.15, 0.2) is 6.61 Å². The van der Waals surface area contributed by atoms with E-state index < -0.39 is 5.97 Å². The van der Waals surface area contributed by atoms with E-state index in [2.05, 4.69) is 17.2 Å². The number of carbonyl (C=O) groups is 2. The second kappa shape index (κ2) is 8.60. The maximum Gasteiger partial charge on any atom is 0.339 e. The molecule has 1 N–H and O–H groups in total. The van der Waals surface area contributed by atoms with Gasteiger partial charge in [0.1, 0.15) is 0 Å². The largest absolute Gasteiger partial charge is 0.452 e. The highest BCUT2D eigenvalue weighted by Crippen LogP contribution is 2.24. The molecule has 1 atom stereocenters. The van der Waals surface area contributed by atoms with Crippen molar-refractivity contribution in [3.05, 3.63) is 41.1 Å². The Bertz CT molecular complexity index is 771. The van der Waals surface area contributed by atoms with Gasteiger partial charge in [0.25, 0.3) is 5.91 Å². The first-order chi connectivity index (χ1) is 12.0. The first-order valence-corrected chi connectivity index (χ1v) is 8.82. The van der Waals surface area contributed by atoms with Crippen LogP contribution < -0.4 is 5.32 Å². The standard InChI is InChI=1S/C20H26N2O3/c1-5-9-13(3)21-18(23)12-25-20(24)19-14(4)16(6-2)22-17-11-8-7-10-15(17)19/h7-8,10-11,13H,5-6,9,12H2,1-4H3,(H,21,23)/t13-/m1/s1. The van der Waals surface area contributed by atoms with E-state index in [9.17, 15) is 9.59 Å². The predicted octanol–water partition coefficient (Wildman–Crippen LogP) is 3.57. The minimum Gasteiger partial charge on any atom is -0.452 e. The lowest BCUT2D eigenvalue weighted by Crippen LogP contribution is -2.35. The highest BCUT2D eigenvalue weighted by Gasteiger charge is 2.19. The molecule has 0 radical (unpaired) electrons. The van der Waals surface area contributed by atoms with Crippen molar-refractivity contribution in [3.8, 4) is 0 Å². The average molecular weight is 342 g/mol. The maximum atomic E-state index is 12.6. The number of aryl methyl sites for hydroxylation is 1. The van der Waals surface area contributed by atoms with Gasteiger partial charge < -0.3 is 10.1 Å². The highest BCUT2D eigenvalue weighted by atomic mass is 16.5. The van der Waals surface area contributed by atoms with Crippen molar-refractivity contribution in [2.24, 2.45) is 0 Å². The number of fused-ring (bicyclic) bond motifs is 1. The number of pyridine rings is 1. The zero-order chi connectivity index (χ0) is 18.4. The normalized spacial score (nSPS) is 12.0. The van der Waals surface area contributed by atoms with Crippen LogP contribution in [0.3, 0.4) is 0 Å². The Balaban J connectivity index is 2.19. The highest BCUT2D eigenvalue weighted by molar-refractivity contribution is 6.05. The maximum absolute atomic E-state index is 12.6. The molecule has 5 nitrogen and oxygen atoms in total. The van der Waals surface area contributed by atoms with Crippen LogP contribution in [0.4, 0.5) is 0 Å². The topological polar surface area (TPSA) is 68.3 Å². The van der Waals surface area contributed by atoms with Crippen molar-refractivity contribution >= 4 is 22.8 Å². The predicted molar refractivity (Wildman–Crippen MR) is 98.7 cm³/mol. The number of hydrogen-bond donors (Lipinski definition) is 1. The molecule has 2 aromatic rings. The Morgan fingerprint density at radius 3 is 2.64 bits per heavy atom. The van der Waals surface area contributed by atoms with Crippen LogP contribution in [0.5, 0.6) is 0 Å². The van der Waals surface area contributed by atoms with Gasteiger partial charge in [-0.05, 0) is 38.3 Å². The molecule has 134 valence electrons. The van der Waals surface area contributed by atoms with E-state index in [1.807, 2.05) is 45.0 Å². The molecule has 1 aromatic heterocycles. The van der Waals surface area contributed by atoms with E-state index >= 15 is 0 Å². The van der Waals surface area contributed by atoms with Crippen LogP contribution in [-0.4, -0.2) is 29.5 Å². The fraction of sp³-hybridized carbons (Fsp3) is 0.450. The van der Waals surface area contributed by atoms with Crippen LogP contribution >= 0.6 is 0 Å². The van der Waals surface area contributed by atoms with Gasteiger partial charge in [-0.2, -0.15) is 0 Å². The van der Waals surface area contributed by atoms with E-state index in [-0.39, 0.29) is 18.6 Å². The van der Waals surface area contributed by atoms with Crippen molar-refractivity contribution in [3.63, 3.8) is 0 Å². The molecule has 1 amide bonds. The number of aromatic nitrogens is 1. The third kappa shape index (κ3) is 4.56. The number of hydrogen-bond acceptors (Lipinski definition) is 4. The van der Waals surface area contributed by atoms with Crippen LogP contribution in [0, 0.1) is 6.92 Å². The second-order valence-electron chi connectivity index (χ2n) is 6.26. The minimum absolute atomic E-state index is 0.0754. The molecular weight excluding hydrogens is 316 g/mol. The lowest BCUT2D eigenvalue weighted by molar-refractivity contribution is -0.124. The second-order valence-corrected chi connectivity index (χ2v) is 6.26. The molecule has 0 spiro atoms. The number of rotatable bonds is 7. The molecule has 0 aliphatic heterocycles. The van der Waals surface area contributed by atoms with Gasteiger partial charge in [-0.15, -0.1) is 0 Å². The van der Waals surface area contributed by atoms with E-state index in [0.717, 1.165) is 41.4 Å². The molecule has 2 rings (SSSR count).